The number of amides is 1. The standard InChI is InChI=1S/C17H18Cl2N2O/c1-20-15(10-13(18)16(20)19)17(22)21(2)14-9-5-7-11-6-3-4-8-12(11)14/h3-4,6,8,10,14H,5,7,9H2,1-2H3/t14-/m0/s1. The van der Waals surface area contributed by atoms with Crippen molar-refractivity contribution in [3.05, 3.63) is 57.3 Å². The number of benzene rings is 1. The number of halogens is 2. The van der Waals surface area contributed by atoms with E-state index in [0.29, 0.717) is 15.9 Å². The average Bonchev–Trinajstić information content (AvgIpc) is 2.80. The van der Waals surface area contributed by atoms with Crippen molar-refractivity contribution < 1.29 is 4.79 Å². The van der Waals surface area contributed by atoms with Crippen molar-refractivity contribution in [3.63, 3.8) is 0 Å². The Morgan fingerprint density at radius 1 is 1.32 bits per heavy atom. The maximum atomic E-state index is 12.8. The van der Waals surface area contributed by atoms with Crippen molar-refractivity contribution in [1.82, 2.24) is 9.47 Å². The molecule has 0 N–H and O–H groups in total. The Balaban J connectivity index is 1.93. The average molecular weight is 337 g/mol. The van der Waals surface area contributed by atoms with Crippen molar-refractivity contribution in [2.75, 3.05) is 7.05 Å². The molecule has 1 aliphatic carbocycles. The van der Waals surface area contributed by atoms with Crippen molar-refractivity contribution in [3.8, 4) is 0 Å². The van der Waals surface area contributed by atoms with Crippen LogP contribution in [0.25, 0.3) is 0 Å². The Kier molecular flexibility index (Phi) is 4.20. The molecule has 1 amide bonds. The van der Waals surface area contributed by atoms with Crippen LogP contribution >= 0.6 is 23.2 Å². The van der Waals surface area contributed by atoms with Gasteiger partial charge in [0.25, 0.3) is 5.91 Å². The molecular weight excluding hydrogens is 319 g/mol. The molecule has 2 aromatic rings. The summed E-state index contributed by atoms with van der Waals surface area (Å²) in [5.74, 6) is -0.0574. The summed E-state index contributed by atoms with van der Waals surface area (Å²) in [6.07, 6.45) is 3.15. The molecule has 0 unspecified atom stereocenters. The summed E-state index contributed by atoms with van der Waals surface area (Å²) in [4.78, 5) is 14.6. The first-order valence-corrected chi connectivity index (χ1v) is 8.12. The van der Waals surface area contributed by atoms with Gasteiger partial charge in [0.05, 0.1) is 11.1 Å². The Morgan fingerprint density at radius 2 is 2.05 bits per heavy atom. The molecule has 0 radical (unpaired) electrons. The molecule has 3 rings (SSSR count). The van der Waals surface area contributed by atoms with E-state index in [1.54, 1.807) is 22.6 Å². The van der Waals surface area contributed by atoms with Gasteiger partial charge in [-0.05, 0) is 36.5 Å². The molecule has 0 saturated carbocycles. The van der Waals surface area contributed by atoms with Gasteiger partial charge in [-0.25, -0.2) is 0 Å². The van der Waals surface area contributed by atoms with Crippen molar-refractivity contribution in [1.29, 1.82) is 0 Å². The molecule has 0 fully saturated rings. The zero-order valence-corrected chi connectivity index (χ0v) is 14.2. The van der Waals surface area contributed by atoms with Crippen LogP contribution in [0, 0.1) is 0 Å². The number of carbonyl (C=O) groups is 1. The minimum absolute atomic E-state index is 0.0574. The minimum Gasteiger partial charge on any atom is -0.333 e. The van der Waals surface area contributed by atoms with E-state index in [1.165, 1.54) is 11.1 Å². The fourth-order valence-electron chi connectivity index (χ4n) is 3.20. The molecule has 1 aromatic carbocycles. The number of hydrogen-bond donors (Lipinski definition) is 0. The summed E-state index contributed by atoms with van der Waals surface area (Å²) in [5.41, 5.74) is 3.10. The molecule has 0 spiro atoms. The van der Waals surface area contributed by atoms with Crippen LogP contribution in [-0.4, -0.2) is 22.4 Å². The van der Waals surface area contributed by atoms with Gasteiger partial charge in [0.15, 0.2) is 0 Å². The summed E-state index contributed by atoms with van der Waals surface area (Å²) in [7, 11) is 3.61. The van der Waals surface area contributed by atoms with Crippen LogP contribution < -0.4 is 0 Å². The Morgan fingerprint density at radius 3 is 2.73 bits per heavy atom. The topological polar surface area (TPSA) is 25.2 Å². The lowest BCUT2D eigenvalue weighted by atomic mass is 9.87. The number of hydrogen-bond acceptors (Lipinski definition) is 1. The number of nitrogens with zero attached hydrogens (tertiary/aromatic N) is 2. The number of fused-ring (bicyclic) bond motifs is 1. The lowest BCUT2D eigenvalue weighted by molar-refractivity contribution is 0.0705. The molecule has 3 nitrogen and oxygen atoms in total. The van der Waals surface area contributed by atoms with Gasteiger partial charge in [-0.2, -0.15) is 0 Å². The van der Waals surface area contributed by atoms with Gasteiger partial charge in [0, 0.05) is 14.1 Å². The van der Waals surface area contributed by atoms with E-state index in [1.807, 2.05) is 13.1 Å². The van der Waals surface area contributed by atoms with E-state index in [4.69, 9.17) is 23.2 Å². The number of aromatic nitrogens is 1. The zero-order valence-electron chi connectivity index (χ0n) is 12.6. The molecular formula is C17H18Cl2N2O. The van der Waals surface area contributed by atoms with Gasteiger partial charge in [-0.1, -0.05) is 47.5 Å². The smallest absolute Gasteiger partial charge is 0.270 e. The van der Waals surface area contributed by atoms with E-state index in [0.717, 1.165) is 19.3 Å². The maximum absolute atomic E-state index is 12.8. The predicted octanol–water partition coefficient (Wildman–Crippen LogP) is 4.48. The van der Waals surface area contributed by atoms with Crippen LogP contribution in [-0.2, 0) is 13.5 Å². The van der Waals surface area contributed by atoms with Crippen molar-refractivity contribution >= 4 is 29.1 Å². The number of carbonyl (C=O) groups excluding carboxylic acids is 1. The Labute approximate surface area is 140 Å². The Hall–Kier alpha value is -1.45. The lowest BCUT2D eigenvalue weighted by Crippen LogP contribution is -2.34. The van der Waals surface area contributed by atoms with E-state index in [9.17, 15) is 4.79 Å². The minimum atomic E-state index is -0.0574. The van der Waals surface area contributed by atoms with Gasteiger partial charge >= 0.3 is 0 Å². The first kappa shape index (κ1) is 15.4. The maximum Gasteiger partial charge on any atom is 0.270 e. The second-order valence-electron chi connectivity index (χ2n) is 5.75. The zero-order chi connectivity index (χ0) is 15.9. The van der Waals surface area contributed by atoms with E-state index >= 15 is 0 Å². The van der Waals surface area contributed by atoms with Gasteiger partial charge in [-0.15, -0.1) is 0 Å². The number of aryl methyl sites for hydroxylation is 1. The summed E-state index contributed by atoms with van der Waals surface area (Å²) in [5, 5.41) is 0.799. The van der Waals surface area contributed by atoms with Crippen LogP contribution in [0.3, 0.4) is 0 Å². The van der Waals surface area contributed by atoms with Crippen LogP contribution in [0.2, 0.25) is 10.2 Å². The van der Waals surface area contributed by atoms with E-state index < -0.39 is 0 Å². The van der Waals surface area contributed by atoms with Gasteiger partial charge < -0.3 is 9.47 Å². The normalized spacial score (nSPS) is 17.2. The molecule has 1 aliphatic rings. The SMILES string of the molecule is CN(C(=O)c1cc(Cl)c(Cl)n1C)[C@H]1CCCc2ccccc21. The van der Waals surface area contributed by atoms with Crippen LogP contribution in [0.1, 0.15) is 40.5 Å². The molecule has 5 heteroatoms. The fraction of sp³-hybridized carbons (Fsp3) is 0.353. The third-order valence-corrected chi connectivity index (χ3v) is 5.30. The molecule has 0 bridgehead atoms. The second kappa shape index (κ2) is 5.98. The van der Waals surface area contributed by atoms with E-state index in [2.05, 4.69) is 18.2 Å². The van der Waals surface area contributed by atoms with Crippen LogP contribution in [0.15, 0.2) is 30.3 Å². The summed E-state index contributed by atoms with van der Waals surface area (Å²) >= 11 is 12.1. The quantitative estimate of drug-likeness (QED) is 0.793. The van der Waals surface area contributed by atoms with Crippen molar-refractivity contribution in [2.24, 2.45) is 7.05 Å². The molecule has 22 heavy (non-hydrogen) atoms. The molecule has 1 atom stereocenters. The summed E-state index contributed by atoms with van der Waals surface area (Å²) in [6.45, 7) is 0. The summed E-state index contributed by atoms with van der Waals surface area (Å²) < 4.78 is 1.64. The molecule has 1 heterocycles. The van der Waals surface area contributed by atoms with Gasteiger partial charge in [0.1, 0.15) is 10.8 Å². The first-order valence-electron chi connectivity index (χ1n) is 7.36. The van der Waals surface area contributed by atoms with E-state index in [-0.39, 0.29) is 11.9 Å². The molecule has 0 saturated heterocycles. The highest BCUT2D eigenvalue weighted by Gasteiger charge is 2.28. The largest absolute Gasteiger partial charge is 0.333 e. The monoisotopic (exact) mass is 336 g/mol. The second-order valence-corrected chi connectivity index (χ2v) is 6.52. The Bertz CT molecular complexity index is 723. The first-order chi connectivity index (χ1) is 10.5. The highest BCUT2D eigenvalue weighted by molar-refractivity contribution is 6.41. The molecule has 116 valence electrons. The van der Waals surface area contributed by atoms with Gasteiger partial charge in [0.2, 0.25) is 0 Å². The summed E-state index contributed by atoms with van der Waals surface area (Å²) in [6, 6.07) is 10.1. The van der Waals surface area contributed by atoms with Crippen LogP contribution in [0.4, 0.5) is 0 Å². The third-order valence-electron chi connectivity index (χ3n) is 4.46. The highest BCUT2D eigenvalue weighted by Crippen LogP contribution is 2.35. The lowest BCUT2D eigenvalue weighted by Gasteiger charge is -2.33. The van der Waals surface area contributed by atoms with Crippen LogP contribution in [0.5, 0.6) is 0 Å². The fourth-order valence-corrected chi connectivity index (χ4v) is 3.58. The number of rotatable bonds is 2. The van der Waals surface area contributed by atoms with Gasteiger partial charge in [-0.3, -0.25) is 4.79 Å². The molecule has 1 aromatic heterocycles. The predicted molar refractivity (Wildman–Crippen MR) is 89.6 cm³/mol. The third kappa shape index (κ3) is 2.53. The van der Waals surface area contributed by atoms with Crippen molar-refractivity contribution in [2.45, 2.75) is 25.3 Å². The molecule has 0 aliphatic heterocycles. The highest BCUT2D eigenvalue weighted by atomic mass is 35.5.